The fraction of sp³-hybridized carbons (Fsp3) is 0. The number of pyridine rings is 1. The molecule has 2 rings (SSSR count). The molecule has 0 bridgehead atoms. The number of amides is 2. The normalized spacial score (nSPS) is 9.67. The molecule has 21 heavy (non-hydrogen) atoms. The van der Waals surface area contributed by atoms with Crippen LogP contribution in [0.1, 0.15) is 26.4 Å². The highest BCUT2D eigenvalue weighted by Gasteiger charge is 2.11. The van der Waals surface area contributed by atoms with E-state index in [1.807, 2.05) is 6.07 Å². The lowest BCUT2D eigenvalue weighted by Gasteiger charge is -2.07. The second-order valence-electron chi connectivity index (χ2n) is 4.09. The Hall–Kier alpha value is -3.40. The second-order valence-corrected chi connectivity index (χ2v) is 4.09. The zero-order valence-corrected chi connectivity index (χ0v) is 10.7. The highest BCUT2D eigenvalue weighted by Crippen LogP contribution is 2.24. The minimum absolute atomic E-state index is 0.0433. The van der Waals surface area contributed by atoms with E-state index in [0.717, 1.165) is 0 Å². The summed E-state index contributed by atoms with van der Waals surface area (Å²) >= 11 is 0. The molecule has 2 amide bonds. The number of nitriles is 1. The van der Waals surface area contributed by atoms with Crippen LogP contribution in [0.3, 0.4) is 0 Å². The first-order valence-corrected chi connectivity index (χ1v) is 5.81. The Balaban J connectivity index is 2.22. The van der Waals surface area contributed by atoms with Crippen molar-refractivity contribution in [2.24, 2.45) is 5.73 Å². The van der Waals surface area contributed by atoms with Crippen LogP contribution in [-0.2, 0) is 0 Å². The van der Waals surface area contributed by atoms with Crippen LogP contribution >= 0.6 is 0 Å². The van der Waals surface area contributed by atoms with Gasteiger partial charge in [0, 0.05) is 6.20 Å². The first-order chi connectivity index (χ1) is 10.0. The Labute approximate surface area is 119 Å². The van der Waals surface area contributed by atoms with Gasteiger partial charge in [-0.2, -0.15) is 5.26 Å². The van der Waals surface area contributed by atoms with Crippen molar-refractivity contribution in [2.45, 2.75) is 0 Å². The van der Waals surface area contributed by atoms with Gasteiger partial charge < -0.3 is 16.2 Å². The van der Waals surface area contributed by atoms with E-state index in [4.69, 9.17) is 11.0 Å². The summed E-state index contributed by atoms with van der Waals surface area (Å²) in [5.41, 5.74) is 5.69. The molecule has 0 saturated carbocycles. The molecule has 0 unspecified atom stereocenters. The van der Waals surface area contributed by atoms with Crippen molar-refractivity contribution in [1.29, 1.82) is 5.26 Å². The first-order valence-electron chi connectivity index (χ1n) is 5.81. The lowest BCUT2D eigenvalue weighted by molar-refractivity contribution is 0.0993. The van der Waals surface area contributed by atoms with E-state index in [9.17, 15) is 14.7 Å². The van der Waals surface area contributed by atoms with Gasteiger partial charge in [0.25, 0.3) is 5.91 Å². The molecule has 7 heteroatoms. The number of carbonyl (C=O) groups excluding carboxylic acids is 2. The number of carbonyl (C=O) groups is 2. The number of phenols is 1. The summed E-state index contributed by atoms with van der Waals surface area (Å²) < 4.78 is 0. The topological polar surface area (TPSA) is 129 Å². The third-order valence-corrected chi connectivity index (χ3v) is 2.65. The molecule has 0 aliphatic heterocycles. The van der Waals surface area contributed by atoms with Crippen LogP contribution in [0.25, 0.3) is 0 Å². The van der Waals surface area contributed by atoms with Crippen LogP contribution in [-0.4, -0.2) is 21.9 Å². The average molecular weight is 282 g/mol. The van der Waals surface area contributed by atoms with Crippen molar-refractivity contribution in [3.05, 3.63) is 53.3 Å². The van der Waals surface area contributed by atoms with Gasteiger partial charge in [-0.3, -0.25) is 14.6 Å². The van der Waals surface area contributed by atoms with E-state index in [0.29, 0.717) is 5.56 Å². The summed E-state index contributed by atoms with van der Waals surface area (Å²) in [4.78, 5) is 26.7. The maximum Gasteiger partial charge on any atom is 0.274 e. The number of nitrogens with two attached hydrogens (primary N) is 1. The molecule has 7 nitrogen and oxygen atoms in total. The van der Waals surface area contributed by atoms with Gasteiger partial charge in [0.05, 0.1) is 22.9 Å². The summed E-state index contributed by atoms with van der Waals surface area (Å²) in [5, 5.41) is 20.9. The van der Waals surface area contributed by atoms with Gasteiger partial charge in [-0.1, -0.05) is 0 Å². The van der Waals surface area contributed by atoms with Gasteiger partial charge in [-0.25, -0.2) is 0 Å². The number of phenolic OH excluding ortho intramolecular Hbond substituents is 1. The maximum atomic E-state index is 12.0. The van der Waals surface area contributed by atoms with Crippen molar-refractivity contribution in [1.82, 2.24) is 4.98 Å². The van der Waals surface area contributed by atoms with Gasteiger partial charge in [-0.15, -0.1) is 0 Å². The van der Waals surface area contributed by atoms with Crippen molar-refractivity contribution >= 4 is 17.5 Å². The molecule has 1 aromatic carbocycles. The van der Waals surface area contributed by atoms with Crippen molar-refractivity contribution in [3.8, 4) is 11.8 Å². The van der Waals surface area contributed by atoms with Crippen LogP contribution in [0.2, 0.25) is 0 Å². The number of rotatable bonds is 3. The predicted octanol–water partition coefficient (Wildman–Crippen LogP) is 1.01. The Kier molecular flexibility index (Phi) is 3.81. The molecule has 1 heterocycles. The molecular formula is C14H10N4O3. The minimum atomic E-state index is -0.645. The second kappa shape index (κ2) is 5.71. The minimum Gasteiger partial charge on any atom is -0.506 e. The fourth-order valence-corrected chi connectivity index (χ4v) is 1.57. The molecule has 0 spiro atoms. The van der Waals surface area contributed by atoms with E-state index in [2.05, 4.69) is 10.3 Å². The van der Waals surface area contributed by atoms with Crippen molar-refractivity contribution < 1.29 is 14.7 Å². The number of nitrogens with one attached hydrogen (secondary N) is 1. The third-order valence-electron chi connectivity index (χ3n) is 2.65. The van der Waals surface area contributed by atoms with Crippen LogP contribution in [0, 0.1) is 11.3 Å². The SMILES string of the molecule is N#Cc1ccc(O)c(NC(=O)c2ccc(C(N)=O)cn2)c1. The van der Waals surface area contributed by atoms with Gasteiger partial charge >= 0.3 is 0 Å². The fourth-order valence-electron chi connectivity index (χ4n) is 1.57. The van der Waals surface area contributed by atoms with E-state index < -0.39 is 11.8 Å². The summed E-state index contributed by atoms with van der Waals surface area (Å²) in [6, 6.07) is 8.67. The van der Waals surface area contributed by atoms with E-state index in [1.54, 1.807) is 0 Å². The highest BCUT2D eigenvalue weighted by atomic mass is 16.3. The van der Waals surface area contributed by atoms with E-state index >= 15 is 0 Å². The Morgan fingerprint density at radius 1 is 1.29 bits per heavy atom. The number of primary amides is 1. The van der Waals surface area contributed by atoms with E-state index in [-0.39, 0.29) is 22.7 Å². The van der Waals surface area contributed by atoms with Gasteiger partial charge in [-0.05, 0) is 30.3 Å². The zero-order chi connectivity index (χ0) is 15.4. The number of aromatic hydroxyl groups is 1. The van der Waals surface area contributed by atoms with Crippen molar-refractivity contribution in [2.75, 3.05) is 5.32 Å². The molecule has 0 radical (unpaired) electrons. The van der Waals surface area contributed by atoms with Crippen LogP contribution in [0.15, 0.2) is 36.5 Å². The molecule has 1 aromatic heterocycles. The molecule has 0 atom stereocenters. The summed E-state index contributed by atoms with van der Waals surface area (Å²) in [7, 11) is 0. The largest absolute Gasteiger partial charge is 0.506 e. The van der Waals surface area contributed by atoms with Crippen LogP contribution in [0.4, 0.5) is 5.69 Å². The predicted molar refractivity (Wildman–Crippen MR) is 73.5 cm³/mol. The molecular weight excluding hydrogens is 272 g/mol. The molecule has 0 aliphatic rings. The van der Waals surface area contributed by atoms with Crippen molar-refractivity contribution in [3.63, 3.8) is 0 Å². The van der Waals surface area contributed by atoms with Gasteiger partial charge in [0.2, 0.25) is 5.91 Å². The summed E-state index contributed by atoms with van der Waals surface area (Å²) in [5.74, 6) is -1.40. The van der Waals surface area contributed by atoms with Gasteiger partial charge in [0.1, 0.15) is 11.4 Å². The Bertz CT molecular complexity index is 748. The number of benzene rings is 1. The smallest absolute Gasteiger partial charge is 0.274 e. The monoisotopic (exact) mass is 282 g/mol. The maximum absolute atomic E-state index is 12.0. The summed E-state index contributed by atoms with van der Waals surface area (Å²) in [6.07, 6.45) is 1.18. The molecule has 104 valence electrons. The molecule has 4 N–H and O–H groups in total. The zero-order valence-electron chi connectivity index (χ0n) is 10.7. The Morgan fingerprint density at radius 2 is 2.05 bits per heavy atom. The lowest BCUT2D eigenvalue weighted by Crippen LogP contribution is -2.16. The molecule has 2 aromatic rings. The number of anilines is 1. The van der Waals surface area contributed by atoms with Gasteiger partial charge in [0.15, 0.2) is 0 Å². The number of nitrogens with zero attached hydrogens (tertiary/aromatic N) is 2. The summed E-state index contributed by atoms with van der Waals surface area (Å²) in [6.45, 7) is 0. The van der Waals surface area contributed by atoms with Crippen LogP contribution < -0.4 is 11.1 Å². The quantitative estimate of drug-likeness (QED) is 0.723. The molecule has 0 fully saturated rings. The standard InChI is InChI=1S/C14H10N4O3/c15-6-8-1-4-12(19)11(5-8)18-14(21)10-3-2-9(7-17-10)13(16)20/h1-5,7,19H,(H2,16,20)(H,18,21). The number of hydrogen-bond acceptors (Lipinski definition) is 5. The van der Waals surface area contributed by atoms with Crippen LogP contribution in [0.5, 0.6) is 5.75 Å². The Morgan fingerprint density at radius 3 is 2.62 bits per heavy atom. The van der Waals surface area contributed by atoms with E-state index in [1.165, 1.54) is 36.5 Å². The lowest BCUT2D eigenvalue weighted by atomic mass is 10.2. The average Bonchev–Trinajstić information content (AvgIpc) is 2.49. The number of hydrogen-bond donors (Lipinski definition) is 3. The third kappa shape index (κ3) is 3.13. The molecule has 0 aliphatic carbocycles. The molecule has 0 saturated heterocycles. The highest BCUT2D eigenvalue weighted by molar-refractivity contribution is 6.04. The first kappa shape index (κ1) is 14.0. The number of aromatic nitrogens is 1.